The molecule has 0 saturated carbocycles. The maximum Gasteiger partial charge on any atom is 0.254 e. The summed E-state index contributed by atoms with van der Waals surface area (Å²) in [5.41, 5.74) is 2.90. The van der Waals surface area contributed by atoms with Crippen molar-refractivity contribution in [3.8, 4) is 5.75 Å². The molecule has 1 fully saturated rings. The van der Waals surface area contributed by atoms with Crippen LogP contribution in [0.3, 0.4) is 0 Å². The van der Waals surface area contributed by atoms with Gasteiger partial charge in [-0.25, -0.2) is 0 Å². The average molecular weight is 425 g/mol. The number of amides is 2. The molecule has 6 heteroatoms. The summed E-state index contributed by atoms with van der Waals surface area (Å²) in [6.45, 7) is 9.29. The molecule has 2 aromatic rings. The molecular formula is C25H32N2O4. The Morgan fingerprint density at radius 3 is 2.19 bits per heavy atom. The highest BCUT2D eigenvalue weighted by molar-refractivity contribution is 5.96. The van der Waals surface area contributed by atoms with Crippen molar-refractivity contribution in [1.29, 1.82) is 0 Å². The largest absolute Gasteiger partial charge is 0.489 e. The Bertz CT molecular complexity index is 879. The normalized spacial score (nSPS) is 14.3. The minimum atomic E-state index is -0.174. The molecule has 0 aliphatic carbocycles. The van der Waals surface area contributed by atoms with E-state index >= 15 is 0 Å². The number of morpholine rings is 1. The summed E-state index contributed by atoms with van der Waals surface area (Å²) < 4.78 is 11.1. The van der Waals surface area contributed by atoms with Crippen LogP contribution < -0.4 is 4.74 Å². The average Bonchev–Trinajstić information content (AvgIpc) is 2.77. The quantitative estimate of drug-likeness (QED) is 0.712. The van der Waals surface area contributed by atoms with Crippen molar-refractivity contribution in [2.24, 2.45) is 0 Å². The molecule has 6 nitrogen and oxygen atoms in total. The first kappa shape index (κ1) is 22.8. The molecule has 1 aliphatic heterocycles. The predicted molar refractivity (Wildman–Crippen MR) is 120 cm³/mol. The standard InChI is InChI=1S/C25H32N2O4/c1-25(2,3)21-9-11-22(12-10-21)31-18-19-5-7-20(8-6-19)24(29)26(4)17-23(28)27-13-15-30-16-14-27/h5-12H,13-18H2,1-4H3. The molecule has 2 aromatic carbocycles. The molecule has 1 saturated heterocycles. The molecule has 31 heavy (non-hydrogen) atoms. The zero-order valence-electron chi connectivity index (χ0n) is 18.9. The van der Waals surface area contributed by atoms with Crippen LogP contribution in [0, 0.1) is 0 Å². The summed E-state index contributed by atoms with van der Waals surface area (Å²) in [5, 5.41) is 0. The SMILES string of the molecule is CN(CC(=O)N1CCOCC1)C(=O)c1ccc(COc2ccc(C(C)(C)C)cc2)cc1. The third-order valence-electron chi connectivity index (χ3n) is 5.41. The van der Waals surface area contributed by atoms with E-state index in [2.05, 4.69) is 32.9 Å². The lowest BCUT2D eigenvalue weighted by Gasteiger charge is -2.28. The highest BCUT2D eigenvalue weighted by Gasteiger charge is 2.21. The van der Waals surface area contributed by atoms with Crippen molar-refractivity contribution >= 4 is 11.8 Å². The molecule has 1 heterocycles. The van der Waals surface area contributed by atoms with E-state index in [1.54, 1.807) is 24.1 Å². The molecule has 0 aromatic heterocycles. The van der Waals surface area contributed by atoms with Crippen LogP contribution in [0.15, 0.2) is 48.5 Å². The van der Waals surface area contributed by atoms with E-state index in [4.69, 9.17) is 9.47 Å². The molecule has 3 rings (SSSR count). The second-order valence-electron chi connectivity index (χ2n) is 8.91. The van der Waals surface area contributed by atoms with Crippen LogP contribution in [-0.4, -0.2) is 61.5 Å². The van der Waals surface area contributed by atoms with Crippen LogP contribution in [-0.2, 0) is 21.6 Å². The number of carbonyl (C=O) groups excluding carboxylic acids is 2. The van der Waals surface area contributed by atoms with Gasteiger partial charge in [0.1, 0.15) is 12.4 Å². The zero-order chi connectivity index (χ0) is 22.4. The van der Waals surface area contributed by atoms with Gasteiger partial charge < -0.3 is 19.3 Å². The van der Waals surface area contributed by atoms with Crippen LogP contribution in [0.2, 0.25) is 0 Å². The van der Waals surface area contributed by atoms with Crippen LogP contribution >= 0.6 is 0 Å². The number of benzene rings is 2. The Labute approximate surface area is 184 Å². The van der Waals surface area contributed by atoms with Crippen molar-refractivity contribution in [3.63, 3.8) is 0 Å². The Kier molecular flexibility index (Phi) is 7.33. The Morgan fingerprint density at radius 1 is 1.00 bits per heavy atom. The lowest BCUT2D eigenvalue weighted by Crippen LogP contribution is -2.46. The van der Waals surface area contributed by atoms with Crippen molar-refractivity contribution in [1.82, 2.24) is 9.80 Å². The van der Waals surface area contributed by atoms with E-state index in [0.29, 0.717) is 38.5 Å². The van der Waals surface area contributed by atoms with Crippen LogP contribution in [0.25, 0.3) is 0 Å². The summed E-state index contributed by atoms with van der Waals surface area (Å²) in [6, 6.07) is 15.5. The molecule has 2 amide bonds. The number of carbonyl (C=O) groups is 2. The Balaban J connectivity index is 1.51. The van der Waals surface area contributed by atoms with Gasteiger partial charge in [-0.3, -0.25) is 9.59 Å². The molecule has 0 unspecified atom stereocenters. The first-order valence-electron chi connectivity index (χ1n) is 10.7. The number of hydrogen-bond acceptors (Lipinski definition) is 4. The summed E-state index contributed by atoms with van der Waals surface area (Å²) in [7, 11) is 1.65. The fourth-order valence-electron chi connectivity index (χ4n) is 3.37. The van der Waals surface area contributed by atoms with Crippen LogP contribution in [0.4, 0.5) is 0 Å². The van der Waals surface area contributed by atoms with Crippen molar-refractivity contribution in [2.75, 3.05) is 39.9 Å². The van der Waals surface area contributed by atoms with Crippen molar-refractivity contribution < 1.29 is 19.1 Å². The van der Waals surface area contributed by atoms with Gasteiger partial charge in [0.25, 0.3) is 5.91 Å². The third-order valence-corrected chi connectivity index (χ3v) is 5.41. The topological polar surface area (TPSA) is 59.1 Å². The first-order chi connectivity index (χ1) is 14.7. The molecule has 0 radical (unpaired) electrons. The number of hydrogen-bond donors (Lipinski definition) is 0. The highest BCUT2D eigenvalue weighted by atomic mass is 16.5. The monoisotopic (exact) mass is 424 g/mol. The summed E-state index contributed by atoms with van der Waals surface area (Å²) in [4.78, 5) is 28.2. The van der Waals surface area contributed by atoms with Gasteiger partial charge in [-0.05, 0) is 40.8 Å². The van der Waals surface area contributed by atoms with Crippen molar-refractivity contribution in [2.45, 2.75) is 32.8 Å². The number of nitrogens with zero attached hydrogens (tertiary/aromatic N) is 2. The van der Waals surface area contributed by atoms with E-state index in [1.165, 1.54) is 10.5 Å². The highest BCUT2D eigenvalue weighted by Crippen LogP contribution is 2.24. The smallest absolute Gasteiger partial charge is 0.254 e. The zero-order valence-corrected chi connectivity index (χ0v) is 18.9. The van der Waals surface area contributed by atoms with Crippen molar-refractivity contribution in [3.05, 3.63) is 65.2 Å². The van der Waals surface area contributed by atoms with Crippen LogP contribution in [0.1, 0.15) is 42.3 Å². The second-order valence-corrected chi connectivity index (χ2v) is 8.91. The van der Waals surface area contributed by atoms with Gasteiger partial charge in [-0.15, -0.1) is 0 Å². The van der Waals surface area contributed by atoms with E-state index < -0.39 is 0 Å². The minimum absolute atomic E-state index is 0.0540. The lowest BCUT2D eigenvalue weighted by molar-refractivity contribution is -0.135. The number of rotatable bonds is 6. The Hall–Kier alpha value is -2.86. The number of ether oxygens (including phenoxy) is 2. The lowest BCUT2D eigenvalue weighted by atomic mass is 9.87. The van der Waals surface area contributed by atoms with Gasteiger partial charge in [0.15, 0.2) is 0 Å². The molecule has 1 aliphatic rings. The van der Waals surface area contributed by atoms with Gasteiger partial charge >= 0.3 is 0 Å². The van der Waals surface area contributed by atoms with Gasteiger partial charge in [-0.1, -0.05) is 45.0 Å². The molecule has 0 atom stereocenters. The van der Waals surface area contributed by atoms with E-state index in [0.717, 1.165) is 11.3 Å². The fourth-order valence-corrected chi connectivity index (χ4v) is 3.37. The molecule has 0 bridgehead atoms. The van der Waals surface area contributed by atoms with Gasteiger partial charge in [0, 0.05) is 25.7 Å². The molecule has 0 N–H and O–H groups in total. The van der Waals surface area contributed by atoms with E-state index in [-0.39, 0.29) is 23.8 Å². The van der Waals surface area contributed by atoms with Gasteiger partial charge in [-0.2, -0.15) is 0 Å². The van der Waals surface area contributed by atoms with E-state index in [9.17, 15) is 9.59 Å². The maximum atomic E-state index is 12.7. The third kappa shape index (κ3) is 6.31. The molecular weight excluding hydrogens is 392 g/mol. The molecule has 166 valence electrons. The summed E-state index contributed by atoms with van der Waals surface area (Å²) in [5.74, 6) is 0.586. The maximum absolute atomic E-state index is 12.7. The predicted octanol–water partition coefficient (Wildman–Crippen LogP) is 3.49. The molecule has 0 spiro atoms. The summed E-state index contributed by atoms with van der Waals surface area (Å²) >= 11 is 0. The Morgan fingerprint density at radius 2 is 1.61 bits per heavy atom. The first-order valence-corrected chi connectivity index (χ1v) is 10.7. The van der Waals surface area contributed by atoms with Gasteiger partial charge in [0.05, 0.1) is 19.8 Å². The van der Waals surface area contributed by atoms with Gasteiger partial charge in [0.2, 0.25) is 5.91 Å². The van der Waals surface area contributed by atoms with Crippen LogP contribution in [0.5, 0.6) is 5.75 Å². The second kappa shape index (κ2) is 9.96. The summed E-state index contributed by atoms with van der Waals surface area (Å²) in [6.07, 6.45) is 0. The van der Waals surface area contributed by atoms with E-state index in [1.807, 2.05) is 24.3 Å². The minimum Gasteiger partial charge on any atom is -0.489 e. The number of likely N-dealkylation sites (N-methyl/N-ethyl adjacent to an activating group) is 1. The fraction of sp³-hybridized carbons (Fsp3) is 0.440.